The lowest BCUT2D eigenvalue weighted by molar-refractivity contribution is 0.284. The highest BCUT2D eigenvalue weighted by Gasteiger charge is 2.31. The highest BCUT2D eigenvalue weighted by Crippen LogP contribution is 2.41. The van der Waals surface area contributed by atoms with Crippen molar-refractivity contribution in [3.8, 4) is 0 Å². The second kappa shape index (κ2) is 4.62. The van der Waals surface area contributed by atoms with Gasteiger partial charge in [0.25, 0.3) is 0 Å². The quantitative estimate of drug-likeness (QED) is 0.854. The Morgan fingerprint density at radius 2 is 2.20 bits per heavy atom. The summed E-state index contributed by atoms with van der Waals surface area (Å²) < 4.78 is 0. The van der Waals surface area contributed by atoms with Crippen LogP contribution in [0, 0.1) is 12.3 Å². The summed E-state index contributed by atoms with van der Waals surface area (Å²) >= 11 is 1.79. The number of aryl methyl sites for hydroxylation is 2. The zero-order chi connectivity index (χ0) is 10.7. The minimum atomic E-state index is 0.455. The molecule has 1 saturated carbocycles. The second-order valence-electron chi connectivity index (χ2n) is 4.77. The first-order chi connectivity index (χ1) is 7.26. The molecular formula is C12H20N2S. The molecule has 1 aliphatic carbocycles. The smallest absolute Gasteiger partial charge is 0.0797 e. The minimum Gasteiger partial charge on any atom is -0.330 e. The van der Waals surface area contributed by atoms with Gasteiger partial charge in [0.05, 0.1) is 11.2 Å². The lowest BCUT2D eigenvalue weighted by atomic mass is 9.81. The van der Waals surface area contributed by atoms with Crippen molar-refractivity contribution in [3.63, 3.8) is 0 Å². The van der Waals surface area contributed by atoms with E-state index >= 15 is 0 Å². The van der Waals surface area contributed by atoms with Gasteiger partial charge in [0.2, 0.25) is 0 Å². The molecule has 1 aromatic rings. The molecule has 1 heterocycles. The average molecular weight is 224 g/mol. The highest BCUT2D eigenvalue weighted by molar-refractivity contribution is 7.09. The van der Waals surface area contributed by atoms with E-state index < -0.39 is 0 Å². The van der Waals surface area contributed by atoms with Gasteiger partial charge < -0.3 is 5.73 Å². The van der Waals surface area contributed by atoms with Gasteiger partial charge in [-0.25, -0.2) is 4.98 Å². The summed E-state index contributed by atoms with van der Waals surface area (Å²) in [6, 6.07) is 0. The van der Waals surface area contributed by atoms with Gasteiger partial charge in [0.15, 0.2) is 0 Å². The lowest BCUT2D eigenvalue weighted by Gasteiger charge is -2.26. The van der Waals surface area contributed by atoms with Crippen LogP contribution in [-0.4, -0.2) is 11.5 Å². The number of aromatic nitrogens is 1. The predicted octanol–water partition coefficient (Wildman–Crippen LogP) is 2.90. The molecule has 0 spiro atoms. The van der Waals surface area contributed by atoms with E-state index in [0.29, 0.717) is 5.41 Å². The van der Waals surface area contributed by atoms with Gasteiger partial charge in [-0.05, 0) is 44.6 Å². The number of nitrogens with zero attached hydrogens (tertiary/aromatic N) is 1. The predicted molar refractivity (Wildman–Crippen MR) is 65.1 cm³/mol. The molecule has 2 rings (SSSR count). The second-order valence-corrected chi connectivity index (χ2v) is 5.71. The molecule has 3 heteroatoms. The van der Waals surface area contributed by atoms with E-state index in [4.69, 9.17) is 5.73 Å². The Bertz CT molecular complexity index is 313. The molecule has 2 N–H and O–H groups in total. The molecular weight excluding hydrogens is 204 g/mol. The van der Waals surface area contributed by atoms with Crippen molar-refractivity contribution >= 4 is 11.3 Å². The van der Waals surface area contributed by atoms with Gasteiger partial charge in [-0.3, -0.25) is 0 Å². The van der Waals surface area contributed by atoms with Crippen LogP contribution in [-0.2, 0) is 6.42 Å². The summed E-state index contributed by atoms with van der Waals surface area (Å²) in [4.78, 5) is 5.75. The summed E-state index contributed by atoms with van der Waals surface area (Å²) in [6.45, 7) is 2.97. The van der Waals surface area contributed by atoms with Crippen LogP contribution in [0.1, 0.15) is 42.7 Å². The maximum absolute atomic E-state index is 5.93. The fourth-order valence-corrected chi connectivity index (χ4v) is 3.41. The SMILES string of the molecule is Cc1ncsc1CCC1(CN)CCCC1. The Kier molecular flexibility index (Phi) is 3.42. The van der Waals surface area contributed by atoms with Crippen molar-refractivity contribution in [1.82, 2.24) is 4.98 Å². The summed E-state index contributed by atoms with van der Waals surface area (Å²) in [5.74, 6) is 0. The van der Waals surface area contributed by atoms with Crippen molar-refractivity contribution in [2.75, 3.05) is 6.54 Å². The Hall–Kier alpha value is -0.410. The van der Waals surface area contributed by atoms with E-state index in [9.17, 15) is 0 Å². The van der Waals surface area contributed by atoms with E-state index in [0.717, 1.165) is 6.54 Å². The van der Waals surface area contributed by atoms with Crippen molar-refractivity contribution in [2.45, 2.75) is 45.4 Å². The van der Waals surface area contributed by atoms with Crippen LogP contribution in [0.15, 0.2) is 5.51 Å². The number of rotatable bonds is 4. The zero-order valence-electron chi connectivity index (χ0n) is 9.46. The molecule has 0 saturated heterocycles. The lowest BCUT2D eigenvalue weighted by Crippen LogP contribution is -2.27. The molecule has 0 unspecified atom stereocenters. The van der Waals surface area contributed by atoms with E-state index in [1.165, 1.54) is 49.1 Å². The Balaban J connectivity index is 1.94. The summed E-state index contributed by atoms with van der Waals surface area (Å²) in [7, 11) is 0. The maximum atomic E-state index is 5.93. The number of hydrogen-bond acceptors (Lipinski definition) is 3. The fraction of sp³-hybridized carbons (Fsp3) is 0.750. The largest absolute Gasteiger partial charge is 0.330 e. The molecule has 1 aromatic heterocycles. The van der Waals surface area contributed by atoms with Gasteiger partial charge in [-0.15, -0.1) is 11.3 Å². The van der Waals surface area contributed by atoms with Crippen molar-refractivity contribution in [1.29, 1.82) is 0 Å². The molecule has 0 bridgehead atoms. The van der Waals surface area contributed by atoms with E-state index in [1.54, 1.807) is 11.3 Å². The normalized spacial score (nSPS) is 19.6. The molecule has 15 heavy (non-hydrogen) atoms. The number of thiazole rings is 1. The Labute approximate surface area is 95.9 Å². The molecule has 0 aromatic carbocycles. The third-order valence-electron chi connectivity index (χ3n) is 3.82. The van der Waals surface area contributed by atoms with Crippen LogP contribution in [0.2, 0.25) is 0 Å². The molecule has 1 fully saturated rings. The van der Waals surface area contributed by atoms with Crippen molar-refractivity contribution < 1.29 is 0 Å². The van der Waals surface area contributed by atoms with Crippen LogP contribution in [0.25, 0.3) is 0 Å². The molecule has 0 atom stereocenters. The maximum Gasteiger partial charge on any atom is 0.0797 e. The van der Waals surface area contributed by atoms with Crippen LogP contribution in [0.3, 0.4) is 0 Å². The van der Waals surface area contributed by atoms with Crippen LogP contribution in [0.5, 0.6) is 0 Å². The van der Waals surface area contributed by atoms with E-state index in [2.05, 4.69) is 11.9 Å². The fourth-order valence-electron chi connectivity index (χ4n) is 2.63. The van der Waals surface area contributed by atoms with Gasteiger partial charge in [0, 0.05) is 4.88 Å². The summed E-state index contributed by atoms with van der Waals surface area (Å²) in [5, 5.41) is 0. The number of hydrogen-bond donors (Lipinski definition) is 1. The van der Waals surface area contributed by atoms with Crippen molar-refractivity contribution in [2.24, 2.45) is 11.1 Å². The van der Waals surface area contributed by atoms with E-state index in [1.807, 2.05) is 5.51 Å². The highest BCUT2D eigenvalue weighted by atomic mass is 32.1. The van der Waals surface area contributed by atoms with Crippen molar-refractivity contribution in [3.05, 3.63) is 16.1 Å². The monoisotopic (exact) mass is 224 g/mol. The topological polar surface area (TPSA) is 38.9 Å². The Morgan fingerprint density at radius 3 is 2.73 bits per heavy atom. The third kappa shape index (κ3) is 2.40. The third-order valence-corrected chi connectivity index (χ3v) is 4.82. The van der Waals surface area contributed by atoms with Crippen LogP contribution < -0.4 is 5.73 Å². The van der Waals surface area contributed by atoms with Gasteiger partial charge in [-0.1, -0.05) is 12.8 Å². The van der Waals surface area contributed by atoms with Gasteiger partial charge in [0.1, 0.15) is 0 Å². The molecule has 84 valence electrons. The molecule has 0 radical (unpaired) electrons. The summed E-state index contributed by atoms with van der Waals surface area (Å²) in [5.41, 5.74) is 9.55. The van der Waals surface area contributed by atoms with E-state index in [-0.39, 0.29) is 0 Å². The Morgan fingerprint density at radius 1 is 1.47 bits per heavy atom. The first-order valence-corrected chi connectivity index (χ1v) is 6.73. The van der Waals surface area contributed by atoms with Crippen LogP contribution in [0.4, 0.5) is 0 Å². The summed E-state index contributed by atoms with van der Waals surface area (Å²) in [6.07, 6.45) is 7.85. The molecule has 0 amide bonds. The first kappa shape index (κ1) is 11.1. The zero-order valence-corrected chi connectivity index (χ0v) is 10.3. The standard InChI is InChI=1S/C12H20N2S/c1-10-11(15-9-14-10)4-7-12(8-13)5-2-3-6-12/h9H,2-8,13H2,1H3. The average Bonchev–Trinajstić information content (AvgIpc) is 2.85. The molecule has 1 aliphatic rings. The van der Waals surface area contributed by atoms with Gasteiger partial charge >= 0.3 is 0 Å². The van der Waals surface area contributed by atoms with Gasteiger partial charge in [-0.2, -0.15) is 0 Å². The number of nitrogens with two attached hydrogens (primary N) is 1. The van der Waals surface area contributed by atoms with Crippen LogP contribution >= 0.6 is 11.3 Å². The first-order valence-electron chi connectivity index (χ1n) is 5.85. The molecule has 0 aliphatic heterocycles. The molecule has 2 nitrogen and oxygen atoms in total. The minimum absolute atomic E-state index is 0.455.